The van der Waals surface area contributed by atoms with Gasteiger partial charge in [-0.1, -0.05) is 11.6 Å². The molecule has 0 radical (unpaired) electrons. The summed E-state index contributed by atoms with van der Waals surface area (Å²) in [7, 11) is 0. The van der Waals surface area contributed by atoms with E-state index in [1.54, 1.807) is 18.5 Å². The molecule has 2 heterocycles. The van der Waals surface area contributed by atoms with Gasteiger partial charge in [-0.25, -0.2) is 4.98 Å². The first-order valence-electron chi connectivity index (χ1n) is 4.66. The number of hydrogen-bond donors (Lipinski definition) is 1. The molecular weight excluding hydrogens is 289 g/mol. The standard InChI is InChI=1S/C11H9BrClN3/c1-7-10(3-2-4-14-7)16-11-9(12)5-8(13)6-15-11/h2-6H,1H3,(H,15,16). The molecule has 0 atom stereocenters. The number of halogens is 2. The maximum Gasteiger partial charge on any atom is 0.144 e. The minimum Gasteiger partial charge on any atom is -0.338 e. The maximum absolute atomic E-state index is 5.82. The van der Waals surface area contributed by atoms with Crippen molar-refractivity contribution >= 4 is 39.0 Å². The minimum atomic E-state index is 0.598. The summed E-state index contributed by atoms with van der Waals surface area (Å²) in [5.41, 5.74) is 1.85. The summed E-state index contributed by atoms with van der Waals surface area (Å²) >= 11 is 9.22. The van der Waals surface area contributed by atoms with Crippen molar-refractivity contribution in [2.75, 3.05) is 5.32 Å². The van der Waals surface area contributed by atoms with Gasteiger partial charge in [0.1, 0.15) is 5.82 Å². The summed E-state index contributed by atoms with van der Waals surface area (Å²) < 4.78 is 0.822. The highest BCUT2D eigenvalue weighted by Gasteiger charge is 2.04. The van der Waals surface area contributed by atoms with Gasteiger partial charge in [-0.15, -0.1) is 0 Å². The quantitative estimate of drug-likeness (QED) is 0.912. The average molecular weight is 299 g/mol. The highest BCUT2D eigenvalue weighted by molar-refractivity contribution is 9.10. The van der Waals surface area contributed by atoms with Crippen molar-refractivity contribution in [1.82, 2.24) is 9.97 Å². The second kappa shape index (κ2) is 4.80. The van der Waals surface area contributed by atoms with Crippen molar-refractivity contribution in [1.29, 1.82) is 0 Å². The van der Waals surface area contributed by atoms with Crippen molar-refractivity contribution in [3.63, 3.8) is 0 Å². The van der Waals surface area contributed by atoms with E-state index in [2.05, 4.69) is 31.2 Å². The first kappa shape index (κ1) is 11.4. The van der Waals surface area contributed by atoms with Gasteiger partial charge in [0.25, 0.3) is 0 Å². The first-order valence-corrected chi connectivity index (χ1v) is 5.83. The van der Waals surface area contributed by atoms with Gasteiger partial charge in [-0.3, -0.25) is 4.98 Å². The normalized spacial score (nSPS) is 10.2. The lowest BCUT2D eigenvalue weighted by Gasteiger charge is -2.09. The molecule has 0 fully saturated rings. The molecule has 0 bridgehead atoms. The summed E-state index contributed by atoms with van der Waals surface area (Å²) in [6.07, 6.45) is 3.35. The van der Waals surface area contributed by atoms with Crippen LogP contribution in [0.25, 0.3) is 0 Å². The van der Waals surface area contributed by atoms with Gasteiger partial charge in [0.2, 0.25) is 0 Å². The van der Waals surface area contributed by atoms with Crippen LogP contribution in [0.5, 0.6) is 0 Å². The van der Waals surface area contributed by atoms with Crippen molar-refractivity contribution in [3.8, 4) is 0 Å². The monoisotopic (exact) mass is 297 g/mol. The fourth-order valence-corrected chi connectivity index (χ4v) is 1.99. The Balaban J connectivity index is 2.31. The Morgan fingerprint density at radius 1 is 1.38 bits per heavy atom. The largest absolute Gasteiger partial charge is 0.338 e. The molecule has 1 N–H and O–H groups in total. The zero-order valence-electron chi connectivity index (χ0n) is 8.54. The van der Waals surface area contributed by atoms with E-state index in [0.29, 0.717) is 5.02 Å². The lowest BCUT2D eigenvalue weighted by Crippen LogP contribution is -1.97. The second-order valence-electron chi connectivity index (χ2n) is 3.25. The Kier molecular flexibility index (Phi) is 3.41. The second-order valence-corrected chi connectivity index (χ2v) is 4.54. The molecule has 2 rings (SSSR count). The number of aromatic nitrogens is 2. The van der Waals surface area contributed by atoms with E-state index in [1.165, 1.54) is 0 Å². The molecule has 0 aliphatic heterocycles. The zero-order valence-corrected chi connectivity index (χ0v) is 10.9. The third-order valence-corrected chi connectivity index (χ3v) is 2.88. The highest BCUT2D eigenvalue weighted by atomic mass is 79.9. The molecule has 0 aromatic carbocycles. The van der Waals surface area contributed by atoms with Crippen molar-refractivity contribution in [2.45, 2.75) is 6.92 Å². The van der Waals surface area contributed by atoms with E-state index >= 15 is 0 Å². The molecule has 0 unspecified atom stereocenters. The SMILES string of the molecule is Cc1ncccc1Nc1ncc(Cl)cc1Br. The van der Waals surface area contributed by atoms with Gasteiger partial charge in [-0.05, 0) is 41.1 Å². The van der Waals surface area contributed by atoms with Crippen LogP contribution in [-0.4, -0.2) is 9.97 Å². The van der Waals surface area contributed by atoms with E-state index in [4.69, 9.17) is 11.6 Å². The minimum absolute atomic E-state index is 0.598. The van der Waals surface area contributed by atoms with Crippen LogP contribution in [0.4, 0.5) is 11.5 Å². The van der Waals surface area contributed by atoms with E-state index < -0.39 is 0 Å². The van der Waals surface area contributed by atoms with Crippen LogP contribution in [0.1, 0.15) is 5.69 Å². The summed E-state index contributed by atoms with van der Waals surface area (Å²) in [6.45, 7) is 1.94. The lowest BCUT2D eigenvalue weighted by atomic mass is 10.3. The van der Waals surface area contributed by atoms with E-state index in [-0.39, 0.29) is 0 Å². The molecule has 0 aliphatic carbocycles. The molecule has 0 spiro atoms. The molecule has 3 nitrogen and oxygen atoms in total. The predicted octanol–water partition coefficient (Wildman–Crippen LogP) is 3.94. The fourth-order valence-electron chi connectivity index (χ4n) is 1.25. The predicted molar refractivity (Wildman–Crippen MR) is 69.2 cm³/mol. The van der Waals surface area contributed by atoms with Crippen LogP contribution in [0, 0.1) is 6.92 Å². The van der Waals surface area contributed by atoms with Gasteiger partial charge in [0, 0.05) is 12.4 Å². The topological polar surface area (TPSA) is 37.8 Å². The summed E-state index contributed by atoms with van der Waals surface area (Å²) in [6, 6.07) is 5.62. The smallest absolute Gasteiger partial charge is 0.144 e. The number of pyridine rings is 2. The van der Waals surface area contributed by atoms with Crippen molar-refractivity contribution in [2.24, 2.45) is 0 Å². The Hall–Kier alpha value is -1.13. The van der Waals surface area contributed by atoms with Crippen molar-refractivity contribution in [3.05, 3.63) is 45.8 Å². The Morgan fingerprint density at radius 3 is 2.88 bits per heavy atom. The molecular formula is C11H9BrClN3. The Labute approximate surface area is 107 Å². The third-order valence-electron chi connectivity index (χ3n) is 2.07. The molecule has 0 saturated heterocycles. The van der Waals surface area contributed by atoms with Gasteiger partial charge in [0.15, 0.2) is 0 Å². The summed E-state index contributed by atoms with van der Waals surface area (Å²) in [5, 5.41) is 3.79. The zero-order chi connectivity index (χ0) is 11.5. The van der Waals surface area contributed by atoms with Gasteiger partial charge >= 0.3 is 0 Å². The Morgan fingerprint density at radius 2 is 2.19 bits per heavy atom. The molecule has 0 saturated carbocycles. The number of hydrogen-bond acceptors (Lipinski definition) is 3. The number of anilines is 2. The van der Waals surface area contributed by atoms with Gasteiger partial charge < -0.3 is 5.32 Å². The van der Waals surface area contributed by atoms with Crippen LogP contribution in [0.2, 0.25) is 5.02 Å². The van der Waals surface area contributed by atoms with Crippen LogP contribution in [0.3, 0.4) is 0 Å². The Bertz CT molecular complexity index is 516. The fraction of sp³-hybridized carbons (Fsp3) is 0.0909. The number of nitrogens with one attached hydrogen (secondary N) is 1. The summed E-state index contributed by atoms with van der Waals surface area (Å²) in [5.74, 6) is 0.723. The maximum atomic E-state index is 5.82. The molecule has 16 heavy (non-hydrogen) atoms. The summed E-state index contributed by atoms with van der Waals surface area (Å²) in [4.78, 5) is 8.39. The number of aryl methyl sites for hydroxylation is 1. The molecule has 2 aromatic heterocycles. The molecule has 2 aromatic rings. The van der Waals surface area contributed by atoms with E-state index in [1.807, 2.05) is 19.1 Å². The van der Waals surface area contributed by atoms with Crippen LogP contribution in [0.15, 0.2) is 35.1 Å². The van der Waals surface area contributed by atoms with Gasteiger partial charge in [0.05, 0.1) is 20.9 Å². The number of nitrogens with zero attached hydrogens (tertiary/aromatic N) is 2. The number of rotatable bonds is 2. The molecule has 0 aliphatic rings. The molecule has 82 valence electrons. The van der Waals surface area contributed by atoms with Crippen LogP contribution >= 0.6 is 27.5 Å². The third kappa shape index (κ3) is 2.51. The van der Waals surface area contributed by atoms with Crippen LogP contribution < -0.4 is 5.32 Å². The van der Waals surface area contributed by atoms with E-state index in [9.17, 15) is 0 Å². The molecule has 0 amide bonds. The average Bonchev–Trinajstić information content (AvgIpc) is 2.25. The first-order chi connectivity index (χ1) is 7.66. The lowest BCUT2D eigenvalue weighted by molar-refractivity contribution is 1.19. The van der Waals surface area contributed by atoms with Gasteiger partial charge in [-0.2, -0.15) is 0 Å². The highest BCUT2D eigenvalue weighted by Crippen LogP contribution is 2.26. The molecule has 5 heteroatoms. The van der Waals surface area contributed by atoms with Crippen LogP contribution in [-0.2, 0) is 0 Å². The van der Waals surface area contributed by atoms with E-state index in [0.717, 1.165) is 21.7 Å². The van der Waals surface area contributed by atoms with Crippen molar-refractivity contribution < 1.29 is 0 Å².